The summed E-state index contributed by atoms with van der Waals surface area (Å²) in [6.45, 7) is 1.71. The Morgan fingerprint density at radius 2 is 2.00 bits per heavy atom. The molecule has 0 radical (unpaired) electrons. The fourth-order valence-electron chi connectivity index (χ4n) is 3.58. The molecule has 0 bridgehead atoms. The molecular weight excluding hydrogens is 457 g/mol. The summed E-state index contributed by atoms with van der Waals surface area (Å²) in [6, 6.07) is 13.2. The molecule has 0 aliphatic carbocycles. The number of thiazole rings is 1. The van der Waals surface area contributed by atoms with Gasteiger partial charge < -0.3 is 18.8 Å². The predicted octanol–water partition coefficient (Wildman–Crippen LogP) is 5.28. The molecule has 2 aromatic carbocycles. The van der Waals surface area contributed by atoms with Crippen LogP contribution in [0.25, 0.3) is 10.2 Å². The molecular formula is C22H19Cl2N3O3S. The van der Waals surface area contributed by atoms with Crippen molar-refractivity contribution in [1.82, 2.24) is 14.5 Å². The average molecular weight is 476 g/mol. The number of halogens is 2. The van der Waals surface area contributed by atoms with E-state index in [0.29, 0.717) is 36.4 Å². The second-order valence-electron chi connectivity index (χ2n) is 7.28. The van der Waals surface area contributed by atoms with Gasteiger partial charge >= 0.3 is 0 Å². The Bertz CT molecular complexity index is 1170. The summed E-state index contributed by atoms with van der Waals surface area (Å²) in [5.74, 6) is -0.925. The lowest BCUT2D eigenvalue weighted by Gasteiger charge is -2.29. The molecule has 0 saturated carbocycles. The minimum absolute atomic E-state index is 0.206. The Morgan fingerprint density at radius 1 is 1.16 bits per heavy atom. The van der Waals surface area contributed by atoms with Crippen LogP contribution in [-0.4, -0.2) is 33.9 Å². The van der Waals surface area contributed by atoms with Gasteiger partial charge in [0.25, 0.3) is 0 Å². The Morgan fingerprint density at radius 3 is 2.81 bits per heavy atom. The molecule has 1 aliphatic rings. The van der Waals surface area contributed by atoms with Gasteiger partial charge in [-0.05, 0) is 30.3 Å². The summed E-state index contributed by atoms with van der Waals surface area (Å²) in [5, 5.41) is 2.27. The van der Waals surface area contributed by atoms with Gasteiger partial charge in [-0.1, -0.05) is 35.3 Å². The number of imidazole rings is 1. The van der Waals surface area contributed by atoms with E-state index < -0.39 is 5.79 Å². The molecule has 1 fully saturated rings. The first kappa shape index (κ1) is 20.9. The van der Waals surface area contributed by atoms with Crippen LogP contribution >= 0.6 is 34.5 Å². The zero-order valence-corrected chi connectivity index (χ0v) is 18.7. The zero-order valence-electron chi connectivity index (χ0n) is 16.4. The SMILES string of the molecule is Clc1ccc(C2(Cn3ccnc3)OCC(COCc3nc4ccc(Cl)cc4s3)O2)cc1. The van der Waals surface area contributed by atoms with Crippen LogP contribution in [0.1, 0.15) is 10.6 Å². The minimum atomic E-state index is -0.925. The first-order valence-electron chi connectivity index (χ1n) is 9.76. The molecule has 1 saturated heterocycles. The highest BCUT2D eigenvalue weighted by Crippen LogP contribution is 2.37. The smallest absolute Gasteiger partial charge is 0.214 e. The van der Waals surface area contributed by atoms with Gasteiger partial charge in [-0.2, -0.15) is 0 Å². The largest absolute Gasteiger partial charge is 0.371 e. The summed E-state index contributed by atoms with van der Waals surface area (Å²) >= 11 is 13.7. The second kappa shape index (κ2) is 8.86. The first-order valence-corrected chi connectivity index (χ1v) is 11.3. The maximum atomic E-state index is 6.39. The van der Waals surface area contributed by atoms with Gasteiger partial charge in [-0.3, -0.25) is 0 Å². The highest BCUT2D eigenvalue weighted by molar-refractivity contribution is 7.18. The second-order valence-corrected chi connectivity index (χ2v) is 9.27. The number of ether oxygens (including phenoxy) is 3. The molecule has 2 atom stereocenters. The molecule has 2 unspecified atom stereocenters. The van der Waals surface area contributed by atoms with Gasteiger partial charge in [0, 0.05) is 28.0 Å². The third-order valence-electron chi connectivity index (χ3n) is 5.02. The number of fused-ring (bicyclic) bond motifs is 1. The number of nitrogens with zero attached hydrogens (tertiary/aromatic N) is 3. The minimum Gasteiger partial charge on any atom is -0.371 e. The molecule has 5 rings (SSSR count). The van der Waals surface area contributed by atoms with Crippen LogP contribution in [0.4, 0.5) is 0 Å². The molecule has 0 N–H and O–H groups in total. The maximum absolute atomic E-state index is 6.39. The lowest BCUT2D eigenvalue weighted by atomic mass is 10.1. The molecule has 0 amide bonds. The van der Waals surface area contributed by atoms with E-state index in [1.54, 1.807) is 23.9 Å². The zero-order chi connectivity index (χ0) is 21.3. The van der Waals surface area contributed by atoms with Crippen LogP contribution in [0.15, 0.2) is 61.2 Å². The van der Waals surface area contributed by atoms with Crippen LogP contribution < -0.4 is 0 Å². The molecule has 1 aliphatic heterocycles. The Labute approximate surface area is 193 Å². The van der Waals surface area contributed by atoms with E-state index in [2.05, 4.69) is 9.97 Å². The summed E-state index contributed by atoms with van der Waals surface area (Å²) in [6.07, 6.45) is 5.15. The van der Waals surface area contributed by atoms with Gasteiger partial charge in [-0.25, -0.2) is 9.97 Å². The summed E-state index contributed by atoms with van der Waals surface area (Å²) in [4.78, 5) is 8.71. The fraction of sp³-hybridized carbons (Fsp3) is 0.273. The van der Waals surface area contributed by atoms with E-state index in [9.17, 15) is 0 Å². The number of aromatic nitrogens is 3. The molecule has 31 heavy (non-hydrogen) atoms. The van der Waals surface area contributed by atoms with Crippen LogP contribution in [-0.2, 0) is 33.1 Å². The third-order valence-corrected chi connectivity index (χ3v) is 6.50. The van der Waals surface area contributed by atoms with Gasteiger partial charge in [0.1, 0.15) is 11.1 Å². The molecule has 160 valence electrons. The lowest BCUT2D eigenvalue weighted by molar-refractivity contribution is -0.191. The number of benzene rings is 2. The van der Waals surface area contributed by atoms with Crippen LogP contribution in [0.3, 0.4) is 0 Å². The average Bonchev–Trinajstić information content (AvgIpc) is 3.49. The van der Waals surface area contributed by atoms with E-state index in [0.717, 1.165) is 20.8 Å². The molecule has 4 aromatic rings. The van der Waals surface area contributed by atoms with Crippen molar-refractivity contribution in [3.05, 3.63) is 81.8 Å². The van der Waals surface area contributed by atoms with Gasteiger partial charge in [-0.15, -0.1) is 11.3 Å². The first-order chi connectivity index (χ1) is 15.1. The number of hydrogen-bond acceptors (Lipinski definition) is 6. The topological polar surface area (TPSA) is 58.4 Å². The summed E-state index contributed by atoms with van der Waals surface area (Å²) < 4.78 is 21.5. The van der Waals surface area contributed by atoms with Crippen molar-refractivity contribution in [1.29, 1.82) is 0 Å². The van der Waals surface area contributed by atoms with Crippen molar-refractivity contribution in [2.75, 3.05) is 13.2 Å². The Hall–Kier alpha value is -2.00. The molecule has 0 spiro atoms. The summed E-state index contributed by atoms with van der Waals surface area (Å²) in [5.41, 5.74) is 1.83. The number of hydrogen-bond donors (Lipinski definition) is 0. The van der Waals surface area contributed by atoms with Gasteiger partial charge in [0.2, 0.25) is 5.79 Å². The van der Waals surface area contributed by atoms with E-state index >= 15 is 0 Å². The van der Waals surface area contributed by atoms with Crippen molar-refractivity contribution in [3.8, 4) is 0 Å². The van der Waals surface area contributed by atoms with Crippen molar-refractivity contribution in [2.24, 2.45) is 0 Å². The van der Waals surface area contributed by atoms with Crippen LogP contribution in [0.5, 0.6) is 0 Å². The van der Waals surface area contributed by atoms with Crippen molar-refractivity contribution >= 4 is 44.8 Å². The molecule has 2 aromatic heterocycles. The molecule has 9 heteroatoms. The third kappa shape index (κ3) is 4.62. The normalized spacial score (nSPS) is 21.2. The standard InChI is InChI=1S/C22H19Cl2N3O3S/c23-16-3-1-15(2-4-16)22(13-27-8-7-25-14-27)29-11-18(30-22)10-28-12-21-26-19-6-5-17(24)9-20(19)31-21/h1-9,14,18H,10-13H2. The van der Waals surface area contributed by atoms with Crippen LogP contribution in [0.2, 0.25) is 10.0 Å². The van der Waals surface area contributed by atoms with Crippen molar-refractivity contribution in [2.45, 2.75) is 25.0 Å². The quantitative estimate of drug-likeness (QED) is 0.363. The molecule has 6 nitrogen and oxygen atoms in total. The van der Waals surface area contributed by atoms with Gasteiger partial charge in [0.05, 0.1) is 42.9 Å². The highest BCUT2D eigenvalue weighted by Gasteiger charge is 2.43. The van der Waals surface area contributed by atoms with Gasteiger partial charge in [0.15, 0.2) is 0 Å². The predicted molar refractivity (Wildman–Crippen MR) is 120 cm³/mol. The van der Waals surface area contributed by atoms with E-state index in [4.69, 9.17) is 37.4 Å². The van der Waals surface area contributed by atoms with Crippen LogP contribution in [0, 0.1) is 0 Å². The van der Waals surface area contributed by atoms with Crippen molar-refractivity contribution in [3.63, 3.8) is 0 Å². The molecule has 3 heterocycles. The van der Waals surface area contributed by atoms with E-state index in [-0.39, 0.29) is 6.10 Å². The Balaban J connectivity index is 1.26. The lowest BCUT2D eigenvalue weighted by Crippen LogP contribution is -2.34. The Kier molecular flexibility index (Phi) is 5.97. The highest BCUT2D eigenvalue weighted by atomic mass is 35.5. The fourth-order valence-corrected chi connectivity index (χ4v) is 4.89. The van der Waals surface area contributed by atoms with Crippen molar-refractivity contribution < 1.29 is 14.2 Å². The monoisotopic (exact) mass is 475 g/mol. The maximum Gasteiger partial charge on any atom is 0.214 e. The van der Waals surface area contributed by atoms with E-state index in [1.165, 1.54) is 0 Å². The summed E-state index contributed by atoms with van der Waals surface area (Å²) in [7, 11) is 0. The van der Waals surface area contributed by atoms with E-state index in [1.807, 2.05) is 53.2 Å². The number of rotatable bonds is 7.